The Hall–Kier alpha value is -2.41. The van der Waals surface area contributed by atoms with Gasteiger partial charge in [0.15, 0.2) is 0 Å². The fourth-order valence-electron chi connectivity index (χ4n) is 2.16. The quantitative estimate of drug-likeness (QED) is 0.462. The minimum absolute atomic E-state index is 0.892. The van der Waals surface area contributed by atoms with E-state index < -0.39 is 0 Å². The van der Waals surface area contributed by atoms with Gasteiger partial charge in [0.1, 0.15) is 0 Å². The van der Waals surface area contributed by atoms with Gasteiger partial charge in [-0.15, -0.1) is 6.58 Å². The molecule has 1 aromatic heterocycles. The van der Waals surface area contributed by atoms with Gasteiger partial charge in [-0.05, 0) is 36.2 Å². The van der Waals surface area contributed by atoms with E-state index in [2.05, 4.69) is 43.0 Å². The smallest absolute Gasteiger partial charge is 0.207 e. The first-order valence-corrected chi connectivity index (χ1v) is 6.39. The summed E-state index contributed by atoms with van der Waals surface area (Å²) in [5, 5.41) is 1.12. The standard InChI is InChI=1S/C18H15O/c1-2-5-14-8-10-16(11-9-14)18-13-12-15-6-3-4-7-17(15)19-18/h2-4,6-13H,1,5H2/q+1. The predicted octanol–water partition coefficient (Wildman–Crippen LogP) is 5.11. The number of allylic oxidation sites excluding steroid dienone is 1. The highest BCUT2D eigenvalue weighted by atomic mass is 16.3. The van der Waals surface area contributed by atoms with Gasteiger partial charge in [0.25, 0.3) is 0 Å². The van der Waals surface area contributed by atoms with E-state index >= 15 is 0 Å². The SMILES string of the molecule is C=CCc1ccc(-c2ccc3ccccc3[o+]2)cc1. The molecule has 1 heteroatoms. The largest absolute Gasteiger partial charge is 0.360 e. The van der Waals surface area contributed by atoms with E-state index in [9.17, 15) is 0 Å². The fraction of sp³-hybridized carbons (Fsp3) is 0.0556. The van der Waals surface area contributed by atoms with Gasteiger partial charge in [0.05, 0.1) is 10.9 Å². The summed E-state index contributed by atoms with van der Waals surface area (Å²) >= 11 is 0. The van der Waals surface area contributed by atoms with Crippen LogP contribution in [0.25, 0.3) is 22.3 Å². The van der Waals surface area contributed by atoms with Gasteiger partial charge < -0.3 is 0 Å². The molecule has 0 bridgehead atoms. The Kier molecular flexibility index (Phi) is 3.11. The monoisotopic (exact) mass is 247 g/mol. The van der Waals surface area contributed by atoms with E-state index in [4.69, 9.17) is 4.42 Å². The molecular formula is C18H15O+. The first kappa shape index (κ1) is 11.7. The van der Waals surface area contributed by atoms with Gasteiger partial charge in [0.2, 0.25) is 0 Å². The van der Waals surface area contributed by atoms with Crippen LogP contribution in [0.15, 0.2) is 77.7 Å². The molecule has 0 amide bonds. The number of rotatable bonds is 3. The molecule has 0 unspecified atom stereocenters. The Morgan fingerprint density at radius 1 is 0.895 bits per heavy atom. The van der Waals surface area contributed by atoms with Crippen LogP contribution in [0.2, 0.25) is 0 Å². The van der Waals surface area contributed by atoms with Crippen molar-refractivity contribution in [2.45, 2.75) is 6.42 Å². The minimum atomic E-state index is 0.892. The van der Waals surface area contributed by atoms with Crippen LogP contribution in [0.3, 0.4) is 0 Å². The average molecular weight is 247 g/mol. The van der Waals surface area contributed by atoms with E-state index in [1.807, 2.05) is 30.3 Å². The molecule has 0 radical (unpaired) electrons. The zero-order chi connectivity index (χ0) is 13.1. The Bertz CT molecular complexity index is 711. The Labute approximate surface area is 112 Å². The van der Waals surface area contributed by atoms with Crippen LogP contribution in [0.4, 0.5) is 0 Å². The van der Waals surface area contributed by atoms with E-state index in [0.29, 0.717) is 0 Å². The molecule has 0 aliphatic rings. The van der Waals surface area contributed by atoms with E-state index in [0.717, 1.165) is 28.7 Å². The predicted molar refractivity (Wildman–Crippen MR) is 80.0 cm³/mol. The maximum absolute atomic E-state index is 5.93. The van der Waals surface area contributed by atoms with Gasteiger partial charge in [-0.2, -0.15) is 0 Å². The first-order valence-electron chi connectivity index (χ1n) is 6.39. The summed E-state index contributed by atoms with van der Waals surface area (Å²) in [5.74, 6) is 0.892. The topological polar surface area (TPSA) is 11.3 Å². The molecule has 92 valence electrons. The van der Waals surface area contributed by atoms with E-state index in [1.54, 1.807) is 0 Å². The summed E-state index contributed by atoms with van der Waals surface area (Å²) < 4.78 is 5.93. The summed E-state index contributed by atoms with van der Waals surface area (Å²) in [5.41, 5.74) is 3.27. The van der Waals surface area contributed by atoms with Crippen LogP contribution in [-0.4, -0.2) is 0 Å². The summed E-state index contributed by atoms with van der Waals surface area (Å²) in [4.78, 5) is 0. The maximum atomic E-state index is 5.93. The van der Waals surface area contributed by atoms with Crippen molar-refractivity contribution in [2.24, 2.45) is 0 Å². The molecule has 0 fully saturated rings. The van der Waals surface area contributed by atoms with Crippen molar-refractivity contribution in [1.29, 1.82) is 0 Å². The third-order valence-electron chi connectivity index (χ3n) is 3.17. The Balaban J connectivity index is 2.01. The van der Waals surface area contributed by atoms with Crippen molar-refractivity contribution >= 4 is 11.0 Å². The zero-order valence-electron chi connectivity index (χ0n) is 10.7. The molecule has 0 saturated carbocycles. The first-order chi connectivity index (χ1) is 9.36. The second kappa shape index (κ2) is 5.07. The molecule has 2 aromatic carbocycles. The fourth-order valence-corrected chi connectivity index (χ4v) is 2.16. The Morgan fingerprint density at radius 3 is 2.47 bits per heavy atom. The molecule has 1 heterocycles. The van der Waals surface area contributed by atoms with Crippen LogP contribution >= 0.6 is 0 Å². The number of benzene rings is 2. The van der Waals surface area contributed by atoms with Crippen LogP contribution in [0.5, 0.6) is 0 Å². The molecule has 0 atom stereocenters. The molecule has 1 nitrogen and oxygen atoms in total. The van der Waals surface area contributed by atoms with E-state index in [-0.39, 0.29) is 0 Å². The summed E-state index contributed by atoms with van der Waals surface area (Å²) in [6.07, 6.45) is 2.81. The molecule has 0 N–H and O–H groups in total. The van der Waals surface area contributed by atoms with Crippen molar-refractivity contribution in [3.05, 3.63) is 78.9 Å². The number of hydrogen-bond acceptors (Lipinski definition) is 0. The van der Waals surface area contributed by atoms with Crippen molar-refractivity contribution in [1.82, 2.24) is 0 Å². The highest BCUT2D eigenvalue weighted by molar-refractivity contribution is 5.78. The summed E-state index contributed by atoms with van der Waals surface area (Å²) in [6.45, 7) is 3.75. The van der Waals surface area contributed by atoms with Crippen LogP contribution in [0, 0.1) is 0 Å². The minimum Gasteiger partial charge on any atom is -0.207 e. The Morgan fingerprint density at radius 2 is 1.68 bits per heavy atom. The zero-order valence-corrected chi connectivity index (χ0v) is 10.7. The second-order valence-corrected chi connectivity index (χ2v) is 4.53. The van der Waals surface area contributed by atoms with Gasteiger partial charge in [-0.25, -0.2) is 4.42 Å². The molecule has 0 saturated heterocycles. The molecule has 3 aromatic rings. The lowest BCUT2D eigenvalue weighted by atomic mass is 10.1. The third kappa shape index (κ3) is 2.41. The second-order valence-electron chi connectivity index (χ2n) is 4.53. The summed E-state index contributed by atoms with van der Waals surface area (Å²) in [6, 6.07) is 20.6. The van der Waals surface area contributed by atoms with Gasteiger partial charge in [-0.3, -0.25) is 0 Å². The highest BCUT2D eigenvalue weighted by Crippen LogP contribution is 2.24. The third-order valence-corrected chi connectivity index (χ3v) is 3.17. The normalized spacial score (nSPS) is 10.5. The van der Waals surface area contributed by atoms with Gasteiger partial charge >= 0.3 is 11.3 Å². The average Bonchev–Trinajstić information content (AvgIpc) is 2.48. The maximum Gasteiger partial charge on any atom is 0.360 e. The van der Waals surface area contributed by atoms with Crippen molar-refractivity contribution in [3.63, 3.8) is 0 Å². The van der Waals surface area contributed by atoms with Crippen molar-refractivity contribution in [2.75, 3.05) is 0 Å². The van der Waals surface area contributed by atoms with E-state index in [1.165, 1.54) is 5.56 Å². The molecule has 19 heavy (non-hydrogen) atoms. The highest BCUT2D eigenvalue weighted by Gasteiger charge is 2.13. The van der Waals surface area contributed by atoms with Crippen molar-refractivity contribution < 1.29 is 4.42 Å². The molecule has 0 aliphatic carbocycles. The molecular weight excluding hydrogens is 232 g/mol. The van der Waals surface area contributed by atoms with Crippen LogP contribution in [-0.2, 0) is 6.42 Å². The lowest BCUT2D eigenvalue weighted by molar-refractivity contribution is 0.620. The number of hydrogen-bond donors (Lipinski definition) is 0. The van der Waals surface area contributed by atoms with Crippen molar-refractivity contribution in [3.8, 4) is 11.3 Å². The molecule has 0 aliphatic heterocycles. The number of para-hydroxylation sites is 1. The van der Waals surface area contributed by atoms with Crippen LogP contribution in [0.1, 0.15) is 5.56 Å². The number of fused-ring (bicyclic) bond motifs is 1. The lowest BCUT2D eigenvalue weighted by Gasteiger charge is -1.97. The molecule has 0 spiro atoms. The van der Waals surface area contributed by atoms with Gasteiger partial charge in [-0.1, -0.05) is 30.3 Å². The van der Waals surface area contributed by atoms with Crippen LogP contribution < -0.4 is 0 Å². The summed E-state index contributed by atoms with van der Waals surface area (Å²) in [7, 11) is 0. The lowest BCUT2D eigenvalue weighted by Crippen LogP contribution is -1.82. The molecule has 3 rings (SSSR count). The van der Waals surface area contributed by atoms with Gasteiger partial charge in [0, 0.05) is 12.1 Å².